The Morgan fingerprint density at radius 3 is 2.34 bits per heavy atom. The van der Waals surface area contributed by atoms with Gasteiger partial charge in [0.15, 0.2) is 0 Å². The van der Waals surface area contributed by atoms with Gasteiger partial charge in [-0.15, -0.1) is 11.3 Å². The second-order valence-electron chi connectivity index (χ2n) is 6.66. The standard InChI is InChI=1S/C24H25NO3S/c1-3-17-10-13-19(14-11-17)20-16-29-23(22(20)24(27)28-4-2)25-21(26)15-12-18-8-6-5-7-9-18/h5-11,13-14,16H,3-4,12,15H2,1-2H3,(H,25,26). The quantitative estimate of drug-likeness (QED) is 0.486. The highest BCUT2D eigenvalue weighted by Gasteiger charge is 2.22. The first-order valence-corrected chi connectivity index (χ1v) is 10.7. The van der Waals surface area contributed by atoms with Crippen molar-refractivity contribution in [2.75, 3.05) is 11.9 Å². The molecule has 0 unspecified atom stereocenters. The third-order valence-electron chi connectivity index (χ3n) is 4.68. The summed E-state index contributed by atoms with van der Waals surface area (Å²) in [5, 5.41) is 5.35. The number of amides is 1. The SMILES string of the molecule is CCOC(=O)c1c(-c2ccc(CC)cc2)csc1NC(=O)CCc1ccccc1. The van der Waals surface area contributed by atoms with Crippen molar-refractivity contribution in [1.29, 1.82) is 0 Å². The molecule has 0 aliphatic rings. The minimum atomic E-state index is -0.415. The molecule has 3 rings (SSSR count). The van der Waals surface area contributed by atoms with Crippen LogP contribution < -0.4 is 5.32 Å². The Labute approximate surface area is 175 Å². The molecule has 0 aliphatic heterocycles. The van der Waals surface area contributed by atoms with Gasteiger partial charge in [-0.05, 0) is 36.5 Å². The summed E-state index contributed by atoms with van der Waals surface area (Å²) in [7, 11) is 0. The molecule has 0 radical (unpaired) electrons. The first kappa shape index (κ1) is 20.8. The molecule has 4 nitrogen and oxygen atoms in total. The lowest BCUT2D eigenvalue weighted by Gasteiger charge is -2.09. The molecule has 1 heterocycles. The Balaban J connectivity index is 1.81. The van der Waals surface area contributed by atoms with Crippen LogP contribution in [0.5, 0.6) is 0 Å². The maximum atomic E-state index is 12.6. The predicted molar refractivity (Wildman–Crippen MR) is 118 cm³/mol. The van der Waals surface area contributed by atoms with E-state index in [2.05, 4.69) is 24.4 Å². The van der Waals surface area contributed by atoms with Gasteiger partial charge in [-0.25, -0.2) is 4.79 Å². The molecule has 0 saturated carbocycles. The first-order chi connectivity index (χ1) is 14.1. The van der Waals surface area contributed by atoms with Gasteiger partial charge in [-0.1, -0.05) is 61.5 Å². The van der Waals surface area contributed by atoms with E-state index in [1.807, 2.05) is 47.8 Å². The molecule has 2 aromatic carbocycles. The Morgan fingerprint density at radius 1 is 0.966 bits per heavy atom. The van der Waals surface area contributed by atoms with Crippen LogP contribution >= 0.6 is 11.3 Å². The maximum Gasteiger partial charge on any atom is 0.341 e. The van der Waals surface area contributed by atoms with Gasteiger partial charge in [0.25, 0.3) is 0 Å². The number of hydrogen-bond donors (Lipinski definition) is 1. The van der Waals surface area contributed by atoms with Gasteiger partial charge in [-0.3, -0.25) is 4.79 Å². The third kappa shape index (κ3) is 5.33. The van der Waals surface area contributed by atoms with Crippen molar-refractivity contribution >= 4 is 28.2 Å². The number of hydrogen-bond acceptors (Lipinski definition) is 4. The molecule has 0 spiro atoms. The zero-order valence-corrected chi connectivity index (χ0v) is 17.6. The summed E-state index contributed by atoms with van der Waals surface area (Å²) in [6, 6.07) is 18.0. The molecular formula is C24H25NO3S. The topological polar surface area (TPSA) is 55.4 Å². The fourth-order valence-corrected chi connectivity index (χ4v) is 4.05. The molecule has 1 N–H and O–H groups in total. The minimum absolute atomic E-state index is 0.117. The number of nitrogens with one attached hydrogen (secondary N) is 1. The van der Waals surface area contributed by atoms with Crippen molar-refractivity contribution in [3.05, 3.63) is 76.7 Å². The fourth-order valence-electron chi connectivity index (χ4n) is 3.08. The zero-order chi connectivity index (χ0) is 20.6. The van der Waals surface area contributed by atoms with Crippen LogP contribution in [0.3, 0.4) is 0 Å². The summed E-state index contributed by atoms with van der Waals surface area (Å²) in [5.74, 6) is -0.532. The highest BCUT2D eigenvalue weighted by atomic mass is 32.1. The molecule has 0 saturated heterocycles. The zero-order valence-electron chi connectivity index (χ0n) is 16.7. The van der Waals surface area contributed by atoms with E-state index in [0.717, 1.165) is 23.1 Å². The minimum Gasteiger partial charge on any atom is -0.462 e. The van der Waals surface area contributed by atoms with Gasteiger partial charge in [0.2, 0.25) is 5.91 Å². The van der Waals surface area contributed by atoms with Crippen LogP contribution in [-0.2, 0) is 22.4 Å². The molecule has 1 aromatic heterocycles. The van der Waals surface area contributed by atoms with Crippen molar-refractivity contribution in [2.45, 2.75) is 33.1 Å². The first-order valence-electron chi connectivity index (χ1n) is 9.84. The second kappa shape index (κ2) is 10.0. The molecule has 150 valence electrons. The third-order valence-corrected chi connectivity index (χ3v) is 5.58. The van der Waals surface area contributed by atoms with E-state index in [-0.39, 0.29) is 12.5 Å². The number of carbonyl (C=O) groups excluding carboxylic acids is 2. The van der Waals surface area contributed by atoms with Gasteiger partial charge in [0.1, 0.15) is 10.6 Å². The van der Waals surface area contributed by atoms with E-state index in [9.17, 15) is 9.59 Å². The lowest BCUT2D eigenvalue weighted by atomic mass is 10.0. The van der Waals surface area contributed by atoms with E-state index in [0.29, 0.717) is 23.4 Å². The number of esters is 1. The summed E-state index contributed by atoms with van der Waals surface area (Å²) in [6.07, 6.45) is 1.96. The Hall–Kier alpha value is -2.92. The summed E-state index contributed by atoms with van der Waals surface area (Å²) >= 11 is 1.35. The van der Waals surface area contributed by atoms with E-state index in [1.54, 1.807) is 6.92 Å². The summed E-state index contributed by atoms with van der Waals surface area (Å²) in [4.78, 5) is 25.1. The van der Waals surface area contributed by atoms with Crippen LogP contribution in [0.15, 0.2) is 60.0 Å². The molecule has 0 atom stereocenters. The molecule has 0 fully saturated rings. The average Bonchev–Trinajstić information content (AvgIpc) is 3.16. The van der Waals surface area contributed by atoms with Gasteiger partial charge >= 0.3 is 5.97 Å². The number of rotatable bonds is 8. The smallest absolute Gasteiger partial charge is 0.341 e. The number of carbonyl (C=O) groups is 2. The molecule has 0 aliphatic carbocycles. The highest BCUT2D eigenvalue weighted by molar-refractivity contribution is 7.15. The van der Waals surface area contributed by atoms with Crippen LogP contribution in [0.4, 0.5) is 5.00 Å². The normalized spacial score (nSPS) is 10.6. The number of anilines is 1. The van der Waals surface area contributed by atoms with Crippen LogP contribution in [0.2, 0.25) is 0 Å². The van der Waals surface area contributed by atoms with Crippen LogP contribution in [-0.4, -0.2) is 18.5 Å². The van der Waals surface area contributed by atoms with E-state index in [1.165, 1.54) is 16.9 Å². The van der Waals surface area contributed by atoms with E-state index in [4.69, 9.17) is 4.74 Å². The van der Waals surface area contributed by atoms with Crippen LogP contribution in [0, 0.1) is 0 Å². The van der Waals surface area contributed by atoms with Crippen molar-refractivity contribution < 1.29 is 14.3 Å². The Kier molecular flexibility index (Phi) is 7.19. The van der Waals surface area contributed by atoms with Gasteiger partial charge in [-0.2, -0.15) is 0 Å². The largest absolute Gasteiger partial charge is 0.462 e. The monoisotopic (exact) mass is 407 g/mol. The number of aryl methyl sites for hydroxylation is 2. The van der Waals surface area contributed by atoms with Crippen molar-refractivity contribution in [3.8, 4) is 11.1 Å². The Morgan fingerprint density at radius 2 is 1.69 bits per heavy atom. The molecule has 5 heteroatoms. The predicted octanol–water partition coefficient (Wildman–Crippen LogP) is 5.73. The summed E-state index contributed by atoms with van der Waals surface area (Å²) < 4.78 is 5.26. The fraction of sp³-hybridized carbons (Fsp3) is 0.250. The lowest BCUT2D eigenvalue weighted by Crippen LogP contribution is -2.15. The van der Waals surface area contributed by atoms with Gasteiger partial charge in [0.05, 0.1) is 6.61 Å². The van der Waals surface area contributed by atoms with Crippen molar-refractivity contribution in [1.82, 2.24) is 0 Å². The molecule has 1 amide bonds. The Bertz CT molecular complexity index is 962. The highest BCUT2D eigenvalue weighted by Crippen LogP contribution is 2.36. The van der Waals surface area contributed by atoms with Crippen molar-refractivity contribution in [3.63, 3.8) is 0 Å². The van der Waals surface area contributed by atoms with E-state index >= 15 is 0 Å². The average molecular weight is 408 g/mol. The second-order valence-corrected chi connectivity index (χ2v) is 7.54. The number of thiophene rings is 1. The summed E-state index contributed by atoms with van der Waals surface area (Å²) in [5.41, 5.74) is 4.49. The van der Waals surface area contributed by atoms with Gasteiger partial charge < -0.3 is 10.1 Å². The molecule has 29 heavy (non-hydrogen) atoms. The molecular weight excluding hydrogens is 382 g/mol. The lowest BCUT2D eigenvalue weighted by molar-refractivity contribution is -0.116. The van der Waals surface area contributed by atoms with E-state index < -0.39 is 5.97 Å². The van der Waals surface area contributed by atoms with Gasteiger partial charge in [0, 0.05) is 17.4 Å². The number of ether oxygens (including phenoxy) is 1. The van der Waals surface area contributed by atoms with Crippen LogP contribution in [0.25, 0.3) is 11.1 Å². The summed E-state index contributed by atoms with van der Waals surface area (Å²) in [6.45, 7) is 4.16. The van der Waals surface area contributed by atoms with Crippen molar-refractivity contribution in [2.24, 2.45) is 0 Å². The van der Waals surface area contributed by atoms with Crippen LogP contribution in [0.1, 0.15) is 41.8 Å². The molecule has 0 bridgehead atoms. The number of benzene rings is 2. The maximum absolute atomic E-state index is 12.6. The molecule has 3 aromatic rings.